The van der Waals surface area contributed by atoms with E-state index in [2.05, 4.69) is 11.4 Å². The average molecular weight is 231 g/mol. The van der Waals surface area contributed by atoms with Crippen LogP contribution in [0.2, 0.25) is 0 Å². The number of carbonyl (C=O) groups is 1. The Hall–Kier alpha value is -2.02. The van der Waals surface area contributed by atoms with Crippen LogP contribution in [0.25, 0.3) is 0 Å². The van der Waals surface area contributed by atoms with Crippen molar-refractivity contribution < 1.29 is 4.79 Å². The number of nitrogens with zero attached hydrogens (tertiary/aromatic N) is 2. The Balaban J connectivity index is 2.71. The summed E-state index contributed by atoms with van der Waals surface area (Å²) < 4.78 is 0. The van der Waals surface area contributed by atoms with Gasteiger partial charge >= 0.3 is 0 Å². The maximum absolute atomic E-state index is 11.8. The number of nitrogens with one attached hydrogen (secondary N) is 1. The number of anilines is 1. The van der Waals surface area contributed by atoms with Gasteiger partial charge in [-0.2, -0.15) is 5.26 Å². The van der Waals surface area contributed by atoms with Crippen molar-refractivity contribution in [2.24, 2.45) is 0 Å². The van der Waals surface area contributed by atoms with Crippen molar-refractivity contribution in [3.8, 4) is 6.07 Å². The van der Waals surface area contributed by atoms with Gasteiger partial charge in [-0.15, -0.1) is 0 Å². The third kappa shape index (κ3) is 3.49. The molecule has 0 fully saturated rings. The Morgan fingerprint density at radius 1 is 1.59 bits per heavy atom. The molecule has 4 nitrogen and oxygen atoms in total. The van der Waals surface area contributed by atoms with Gasteiger partial charge in [0.15, 0.2) is 0 Å². The summed E-state index contributed by atoms with van der Waals surface area (Å²) >= 11 is 0. The normalized spacial score (nSPS) is 11.4. The Morgan fingerprint density at radius 2 is 2.29 bits per heavy atom. The van der Waals surface area contributed by atoms with Crippen molar-refractivity contribution >= 4 is 11.6 Å². The highest BCUT2D eigenvalue weighted by atomic mass is 16.2. The van der Waals surface area contributed by atoms with Gasteiger partial charge < -0.3 is 10.2 Å². The predicted molar refractivity (Wildman–Crippen MR) is 67.6 cm³/mol. The maximum atomic E-state index is 11.8. The van der Waals surface area contributed by atoms with Crippen LogP contribution in [0.4, 0.5) is 5.69 Å². The van der Waals surface area contributed by atoms with E-state index < -0.39 is 0 Å². The molecular weight excluding hydrogens is 214 g/mol. The van der Waals surface area contributed by atoms with Gasteiger partial charge in [0.25, 0.3) is 0 Å². The summed E-state index contributed by atoms with van der Waals surface area (Å²) in [5.74, 6) is 0.0369. The van der Waals surface area contributed by atoms with Crippen LogP contribution in [-0.2, 0) is 4.79 Å². The van der Waals surface area contributed by atoms with Crippen LogP contribution in [0.1, 0.15) is 19.4 Å². The molecule has 0 aromatic heterocycles. The molecule has 90 valence electrons. The summed E-state index contributed by atoms with van der Waals surface area (Å²) in [6, 6.07) is 8.87. The number of amides is 1. The minimum Gasteiger partial charge on any atom is -0.374 e. The third-order valence-corrected chi connectivity index (χ3v) is 2.60. The fourth-order valence-electron chi connectivity index (χ4n) is 1.48. The number of nitriles is 1. The van der Waals surface area contributed by atoms with Gasteiger partial charge in [-0.25, -0.2) is 0 Å². The van der Waals surface area contributed by atoms with E-state index in [1.807, 2.05) is 19.9 Å². The van der Waals surface area contributed by atoms with Gasteiger partial charge in [-0.05, 0) is 32.0 Å². The molecule has 0 aliphatic heterocycles. The Morgan fingerprint density at radius 3 is 2.88 bits per heavy atom. The zero-order valence-electron chi connectivity index (χ0n) is 10.4. The fraction of sp³-hybridized carbons (Fsp3) is 0.385. The summed E-state index contributed by atoms with van der Waals surface area (Å²) in [6.07, 6.45) is 0. The molecule has 0 aliphatic carbocycles. The van der Waals surface area contributed by atoms with Crippen molar-refractivity contribution in [3.63, 3.8) is 0 Å². The van der Waals surface area contributed by atoms with E-state index in [-0.39, 0.29) is 11.9 Å². The first-order valence-corrected chi connectivity index (χ1v) is 5.60. The lowest BCUT2D eigenvalue weighted by atomic mass is 10.2. The van der Waals surface area contributed by atoms with Crippen LogP contribution in [0.15, 0.2) is 24.3 Å². The van der Waals surface area contributed by atoms with Crippen molar-refractivity contribution in [2.75, 3.05) is 18.9 Å². The summed E-state index contributed by atoms with van der Waals surface area (Å²) in [7, 11) is 1.77. The van der Waals surface area contributed by atoms with Gasteiger partial charge in [0, 0.05) is 19.3 Å². The maximum Gasteiger partial charge on any atom is 0.244 e. The molecule has 1 aromatic rings. The van der Waals surface area contributed by atoms with Crippen LogP contribution < -0.4 is 5.32 Å². The molecule has 0 spiro atoms. The highest BCUT2D eigenvalue weighted by molar-refractivity contribution is 5.84. The lowest BCUT2D eigenvalue weighted by molar-refractivity contribution is -0.130. The third-order valence-electron chi connectivity index (χ3n) is 2.60. The molecule has 1 aromatic carbocycles. The Bertz CT molecular complexity index is 437. The monoisotopic (exact) mass is 231 g/mol. The minimum absolute atomic E-state index is 0.0369. The summed E-state index contributed by atoms with van der Waals surface area (Å²) in [4.78, 5) is 13.5. The zero-order valence-corrected chi connectivity index (χ0v) is 10.4. The van der Waals surface area contributed by atoms with Gasteiger partial charge in [-0.1, -0.05) is 6.07 Å². The summed E-state index contributed by atoms with van der Waals surface area (Å²) in [6.45, 7) is 4.43. The molecule has 1 N–H and O–H groups in total. The van der Waals surface area contributed by atoms with Crippen molar-refractivity contribution in [2.45, 2.75) is 19.9 Å². The molecule has 0 bridgehead atoms. The molecule has 1 amide bonds. The highest BCUT2D eigenvalue weighted by Crippen LogP contribution is 2.11. The number of hydrogen-bond donors (Lipinski definition) is 1. The largest absolute Gasteiger partial charge is 0.374 e. The average Bonchev–Trinajstić information content (AvgIpc) is 2.37. The molecule has 0 saturated heterocycles. The van der Waals surface area contributed by atoms with Crippen molar-refractivity contribution in [3.05, 3.63) is 29.8 Å². The second-order valence-electron chi connectivity index (χ2n) is 3.91. The molecule has 17 heavy (non-hydrogen) atoms. The van der Waals surface area contributed by atoms with E-state index in [1.54, 1.807) is 30.1 Å². The van der Waals surface area contributed by atoms with E-state index in [1.165, 1.54) is 0 Å². The van der Waals surface area contributed by atoms with E-state index >= 15 is 0 Å². The van der Waals surface area contributed by atoms with Crippen LogP contribution in [-0.4, -0.2) is 30.4 Å². The van der Waals surface area contributed by atoms with E-state index in [4.69, 9.17) is 5.26 Å². The Kier molecular flexibility index (Phi) is 4.53. The van der Waals surface area contributed by atoms with E-state index in [0.29, 0.717) is 12.1 Å². The highest BCUT2D eigenvalue weighted by Gasteiger charge is 2.15. The fourth-order valence-corrected chi connectivity index (χ4v) is 1.48. The van der Waals surface area contributed by atoms with E-state index in [0.717, 1.165) is 5.69 Å². The van der Waals surface area contributed by atoms with Gasteiger partial charge in [0.05, 0.1) is 11.6 Å². The number of carbonyl (C=O) groups excluding carboxylic acids is 1. The standard InChI is InChI=1S/C13H17N3O/c1-4-16(3)13(17)10(2)15-12-7-5-6-11(8-12)9-14/h5-8,10,15H,4H2,1-3H3. The minimum atomic E-state index is -0.297. The quantitative estimate of drug-likeness (QED) is 0.860. The van der Waals surface area contributed by atoms with Gasteiger partial charge in [0.2, 0.25) is 5.91 Å². The summed E-state index contributed by atoms with van der Waals surface area (Å²) in [5, 5.41) is 11.9. The van der Waals surface area contributed by atoms with Gasteiger partial charge in [-0.3, -0.25) is 4.79 Å². The van der Waals surface area contributed by atoms with E-state index in [9.17, 15) is 4.79 Å². The smallest absolute Gasteiger partial charge is 0.244 e. The molecule has 1 rings (SSSR count). The SMILES string of the molecule is CCN(C)C(=O)C(C)Nc1cccc(C#N)c1. The first-order chi connectivity index (χ1) is 8.08. The summed E-state index contributed by atoms with van der Waals surface area (Å²) in [5.41, 5.74) is 1.37. The molecule has 0 saturated carbocycles. The topological polar surface area (TPSA) is 56.1 Å². The number of hydrogen-bond acceptors (Lipinski definition) is 3. The lowest BCUT2D eigenvalue weighted by Gasteiger charge is -2.21. The molecule has 0 aliphatic rings. The Labute approximate surface area is 102 Å². The van der Waals surface area contributed by atoms with Crippen LogP contribution in [0.5, 0.6) is 0 Å². The van der Waals surface area contributed by atoms with Crippen LogP contribution in [0, 0.1) is 11.3 Å². The molecule has 1 atom stereocenters. The molecule has 0 radical (unpaired) electrons. The van der Waals surface area contributed by atoms with Crippen molar-refractivity contribution in [1.82, 2.24) is 4.90 Å². The van der Waals surface area contributed by atoms with Crippen LogP contribution in [0.3, 0.4) is 0 Å². The first kappa shape index (κ1) is 13.0. The first-order valence-electron chi connectivity index (χ1n) is 5.60. The van der Waals surface area contributed by atoms with Crippen molar-refractivity contribution in [1.29, 1.82) is 5.26 Å². The second kappa shape index (κ2) is 5.90. The number of likely N-dealkylation sites (N-methyl/N-ethyl adjacent to an activating group) is 1. The molecule has 0 heterocycles. The number of benzene rings is 1. The molecule has 1 unspecified atom stereocenters. The van der Waals surface area contributed by atoms with Gasteiger partial charge in [0.1, 0.15) is 6.04 Å². The predicted octanol–water partition coefficient (Wildman–Crippen LogP) is 1.84. The second-order valence-corrected chi connectivity index (χ2v) is 3.91. The zero-order chi connectivity index (χ0) is 12.8. The number of rotatable bonds is 4. The van der Waals surface area contributed by atoms with Crippen LogP contribution >= 0.6 is 0 Å². The molecule has 4 heteroatoms. The molecular formula is C13H17N3O. The lowest BCUT2D eigenvalue weighted by Crippen LogP contribution is -2.38.